The SMILES string of the molecule is CCN(CC)c1ccc([C@@H]2N=c3ccc(Br)cc3=C3C(=O)NC(SC)=NN32)cc1. The average Bonchev–Trinajstić information content (AvgIpc) is 2.74. The number of carbonyl (C=O) groups excluding carboxylic acids is 1. The van der Waals surface area contributed by atoms with Crippen molar-refractivity contribution in [1.82, 2.24) is 10.3 Å². The molecule has 2 aromatic carbocycles. The minimum Gasteiger partial charge on any atom is -0.372 e. The van der Waals surface area contributed by atoms with Crippen LogP contribution in [0.25, 0.3) is 5.70 Å². The summed E-state index contributed by atoms with van der Waals surface area (Å²) in [6.07, 6.45) is 1.50. The van der Waals surface area contributed by atoms with Gasteiger partial charge in [0.05, 0.1) is 5.36 Å². The lowest BCUT2D eigenvalue weighted by molar-refractivity contribution is -0.116. The highest BCUT2D eigenvalue weighted by molar-refractivity contribution is 9.10. The van der Waals surface area contributed by atoms with Gasteiger partial charge in [0.1, 0.15) is 5.70 Å². The maximum atomic E-state index is 12.9. The number of carbonyl (C=O) groups is 1. The molecule has 1 atom stereocenters. The molecule has 8 heteroatoms. The Bertz CT molecular complexity index is 1100. The highest BCUT2D eigenvalue weighted by Gasteiger charge is 2.34. The number of nitrogens with zero attached hydrogens (tertiary/aromatic N) is 4. The summed E-state index contributed by atoms with van der Waals surface area (Å²) in [5, 5.41) is 11.4. The van der Waals surface area contributed by atoms with Crippen molar-refractivity contribution < 1.29 is 4.79 Å². The molecule has 2 aromatic rings. The Morgan fingerprint density at radius 2 is 1.90 bits per heavy atom. The van der Waals surface area contributed by atoms with Crippen LogP contribution in [0.1, 0.15) is 25.6 Å². The van der Waals surface area contributed by atoms with Crippen LogP contribution >= 0.6 is 27.7 Å². The molecule has 150 valence electrons. The lowest BCUT2D eigenvalue weighted by Crippen LogP contribution is -2.50. The fraction of sp³-hybridized carbons (Fsp3) is 0.286. The third kappa shape index (κ3) is 3.67. The van der Waals surface area contributed by atoms with Gasteiger partial charge in [-0.1, -0.05) is 39.8 Å². The number of amidine groups is 1. The molecule has 0 saturated carbocycles. The van der Waals surface area contributed by atoms with E-state index in [0.717, 1.165) is 33.7 Å². The van der Waals surface area contributed by atoms with Crippen LogP contribution in [-0.2, 0) is 4.79 Å². The van der Waals surface area contributed by atoms with E-state index in [2.05, 4.69) is 69.4 Å². The zero-order chi connectivity index (χ0) is 20.5. The number of nitrogens with one attached hydrogen (secondary N) is 1. The van der Waals surface area contributed by atoms with Crippen molar-refractivity contribution >= 4 is 50.2 Å². The van der Waals surface area contributed by atoms with E-state index >= 15 is 0 Å². The largest absolute Gasteiger partial charge is 0.372 e. The molecule has 0 aliphatic carbocycles. The van der Waals surface area contributed by atoms with Crippen LogP contribution in [0.3, 0.4) is 0 Å². The molecule has 4 rings (SSSR count). The maximum Gasteiger partial charge on any atom is 0.276 e. The first kappa shape index (κ1) is 20.0. The van der Waals surface area contributed by atoms with Gasteiger partial charge in [0.25, 0.3) is 5.91 Å². The van der Waals surface area contributed by atoms with Crippen molar-refractivity contribution in [2.24, 2.45) is 10.1 Å². The third-order valence-electron chi connectivity index (χ3n) is 5.08. The van der Waals surface area contributed by atoms with Crippen LogP contribution in [0.15, 0.2) is 57.0 Å². The number of hydrogen-bond donors (Lipinski definition) is 1. The normalized spacial score (nSPS) is 17.7. The smallest absolute Gasteiger partial charge is 0.276 e. The van der Waals surface area contributed by atoms with Gasteiger partial charge < -0.3 is 4.90 Å². The van der Waals surface area contributed by atoms with Gasteiger partial charge in [-0.2, -0.15) is 0 Å². The molecule has 2 aliphatic rings. The lowest BCUT2D eigenvalue weighted by atomic mass is 10.1. The number of amides is 1. The van der Waals surface area contributed by atoms with E-state index in [-0.39, 0.29) is 5.91 Å². The van der Waals surface area contributed by atoms with Gasteiger partial charge in [-0.05, 0) is 56.0 Å². The van der Waals surface area contributed by atoms with E-state index in [1.54, 1.807) is 5.01 Å². The fourth-order valence-corrected chi connectivity index (χ4v) is 4.33. The first-order valence-corrected chi connectivity index (χ1v) is 11.5. The van der Waals surface area contributed by atoms with Gasteiger partial charge in [0, 0.05) is 28.5 Å². The van der Waals surface area contributed by atoms with E-state index in [9.17, 15) is 4.79 Å². The van der Waals surface area contributed by atoms with Crippen LogP contribution in [0.4, 0.5) is 5.69 Å². The number of thioether (sulfide) groups is 1. The molecule has 6 nitrogen and oxygen atoms in total. The molecule has 1 N–H and O–H groups in total. The van der Waals surface area contributed by atoms with Crippen LogP contribution in [0, 0.1) is 0 Å². The van der Waals surface area contributed by atoms with Crippen molar-refractivity contribution in [2.75, 3.05) is 24.2 Å². The minimum absolute atomic E-state index is 0.164. The molecule has 2 heterocycles. The quantitative estimate of drug-likeness (QED) is 0.744. The van der Waals surface area contributed by atoms with Gasteiger partial charge in [-0.3, -0.25) is 15.1 Å². The summed E-state index contributed by atoms with van der Waals surface area (Å²) in [7, 11) is 0. The second-order valence-electron chi connectivity index (χ2n) is 6.68. The summed E-state index contributed by atoms with van der Waals surface area (Å²) >= 11 is 4.90. The lowest BCUT2D eigenvalue weighted by Gasteiger charge is -2.34. The van der Waals surface area contributed by atoms with Crippen LogP contribution in [0.5, 0.6) is 0 Å². The second-order valence-corrected chi connectivity index (χ2v) is 8.40. The molecule has 0 saturated heterocycles. The van der Waals surface area contributed by atoms with Crippen molar-refractivity contribution in [2.45, 2.75) is 20.0 Å². The van der Waals surface area contributed by atoms with Crippen molar-refractivity contribution in [1.29, 1.82) is 0 Å². The van der Waals surface area contributed by atoms with Crippen molar-refractivity contribution in [3.8, 4) is 0 Å². The molecule has 0 aromatic heterocycles. The second kappa shape index (κ2) is 8.20. The fourth-order valence-electron chi connectivity index (χ4n) is 3.61. The third-order valence-corrected chi connectivity index (χ3v) is 6.15. The zero-order valence-electron chi connectivity index (χ0n) is 16.5. The summed E-state index contributed by atoms with van der Waals surface area (Å²) in [5.41, 5.74) is 2.69. The molecule has 2 aliphatic heterocycles. The van der Waals surface area contributed by atoms with Gasteiger partial charge >= 0.3 is 0 Å². The monoisotopic (exact) mass is 471 g/mol. The standard InChI is InChI=1S/C21H22BrN5OS/c1-4-26(5-2)15-9-6-13(7-10-15)19-23-17-11-8-14(22)12-16(17)18-20(28)24-21(29-3)25-27(18)19/h6-12,19H,4-5H2,1-3H3,(H,24,25,28)/t19-/m1/s1. The van der Waals surface area contributed by atoms with Crippen LogP contribution in [-0.4, -0.2) is 35.4 Å². The van der Waals surface area contributed by atoms with Gasteiger partial charge in [0.2, 0.25) is 0 Å². The molecule has 1 amide bonds. The summed E-state index contributed by atoms with van der Waals surface area (Å²) in [6, 6.07) is 14.2. The number of halogens is 1. The van der Waals surface area contributed by atoms with Crippen LogP contribution < -0.4 is 20.8 Å². The number of rotatable bonds is 4. The van der Waals surface area contributed by atoms with E-state index in [4.69, 9.17) is 4.99 Å². The van der Waals surface area contributed by atoms with Crippen molar-refractivity contribution in [3.63, 3.8) is 0 Å². The molecule has 0 unspecified atom stereocenters. The maximum absolute atomic E-state index is 12.9. The molecule has 0 spiro atoms. The van der Waals surface area contributed by atoms with Crippen LogP contribution in [0.2, 0.25) is 0 Å². The summed E-state index contributed by atoms with van der Waals surface area (Å²) in [5.74, 6) is -0.164. The zero-order valence-corrected chi connectivity index (χ0v) is 18.9. The first-order valence-electron chi connectivity index (χ1n) is 9.51. The molecule has 0 radical (unpaired) electrons. The highest BCUT2D eigenvalue weighted by atomic mass is 79.9. The highest BCUT2D eigenvalue weighted by Crippen LogP contribution is 2.31. The summed E-state index contributed by atoms with van der Waals surface area (Å²) < 4.78 is 0.897. The Labute approximate surface area is 182 Å². The summed E-state index contributed by atoms with van der Waals surface area (Å²) in [6.45, 7) is 6.21. The molecule has 0 fully saturated rings. The Kier molecular flexibility index (Phi) is 5.65. The number of hydrazone groups is 1. The number of anilines is 1. The number of benzene rings is 2. The number of hydrogen-bond acceptors (Lipinski definition) is 6. The van der Waals surface area contributed by atoms with Gasteiger partial charge in [-0.25, -0.2) is 5.01 Å². The Balaban J connectivity index is 1.86. The number of fused-ring (bicyclic) bond motifs is 2. The van der Waals surface area contributed by atoms with E-state index in [1.807, 2.05) is 24.5 Å². The molecule has 0 bridgehead atoms. The Morgan fingerprint density at radius 3 is 2.55 bits per heavy atom. The average molecular weight is 472 g/mol. The van der Waals surface area contributed by atoms with Gasteiger partial charge in [-0.15, -0.1) is 5.10 Å². The molecular formula is C21H22BrN5OS. The van der Waals surface area contributed by atoms with Gasteiger partial charge in [0.15, 0.2) is 11.3 Å². The predicted octanol–water partition coefficient (Wildman–Crippen LogP) is 2.80. The molecular weight excluding hydrogens is 450 g/mol. The predicted molar refractivity (Wildman–Crippen MR) is 122 cm³/mol. The van der Waals surface area contributed by atoms with E-state index in [0.29, 0.717) is 10.9 Å². The van der Waals surface area contributed by atoms with E-state index < -0.39 is 6.17 Å². The Morgan fingerprint density at radius 1 is 1.17 bits per heavy atom. The summed E-state index contributed by atoms with van der Waals surface area (Å²) in [4.78, 5) is 20.2. The molecule has 29 heavy (non-hydrogen) atoms. The minimum atomic E-state index is -0.391. The van der Waals surface area contributed by atoms with Crippen molar-refractivity contribution in [3.05, 3.63) is 63.1 Å². The van der Waals surface area contributed by atoms with E-state index in [1.165, 1.54) is 17.4 Å². The Hall–Kier alpha value is -2.32. The topological polar surface area (TPSA) is 60.3 Å². The first-order chi connectivity index (χ1) is 14.0.